The molecule has 0 bridgehead atoms. The van der Waals surface area contributed by atoms with Gasteiger partial charge in [-0.15, -0.1) is 0 Å². The molecule has 1 atom stereocenters. The van der Waals surface area contributed by atoms with Crippen molar-refractivity contribution in [1.82, 2.24) is 15.0 Å². The van der Waals surface area contributed by atoms with Gasteiger partial charge in [-0.3, -0.25) is 9.69 Å². The van der Waals surface area contributed by atoms with E-state index in [2.05, 4.69) is 15.0 Å². The van der Waals surface area contributed by atoms with Crippen molar-refractivity contribution in [3.05, 3.63) is 35.5 Å². The van der Waals surface area contributed by atoms with Crippen molar-refractivity contribution < 1.29 is 13.7 Å². The zero-order valence-electron chi connectivity index (χ0n) is 14.5. The summed E-state index contributed by atoms with van der Waals surface area (Å²) < 4.78 is 19.1. The molecule has 2 heterocycles. The van der Waals surface area contributed by atoms with Gasteiger partial charge in [0.05, 0.1) is 6.04 Å². The van der Waals surface area contributed by atoms with Gasteiger partial charge in [0, 0.05) is 12.0 Å². The van der Waals surface area contributed by atoms with Crippen LogP contribution in [0.2, 0.25) is 0 Å². The fourth-order valence-electron chi connectivity index (χ4n) is 3.24. The molecule has 3 rings (SSSR count). The van der Waals surface area contributed by atoms with Gasteiger partial charge < -0.3 is 10.3 Å². The van der Waals surface area contributed by atoms with Crippen LogP contribution in [0.4, 0.5) is 4.39 Å². The molecule has 1 aliphatic rings. The average molecular weight is 346 g/mol. The maximum Gasteiger partial charge on any atom is 0.244 e. The van der Waals surface area contributed by atoms with Crippen LogP contribution >= 0.6 is 0 Å². The first-order valence-electron chi connectivity index (χ1n) is 8.56. The second-order valence-corrected chi connectivity index (χ2v) is 6.75. The van der Waals surface area contributed by atoms with Crippen LogP contribution in [-0.2, 0) is 4.79 Å². The normalized spacial score (nSPS) is 17.6. The molecule has 1 aliphatic heterocycles. The molecule has 2 aromatic rings. The molecular formula is C18H23FN4O2. The highest BCUT2D eigenvalue weighted by Crippen LogP contribution is 2.28. The molecule has 7 heteroatoms. The summed E-state index contributed by atoms with van der Waals surface area (Å²) in [5.74, 6) is 0.746. The summed E-state index contributed by atoms with van der Waals surface area (Å²) in [6.45, 7) is 5.44. The standard InChI is InChI=1S/C18H23FN4O2/c1-11-3-4-14(10-15(11)19)17-21-18(25-22-17)12(2)23-7-5-13(6-8-23)9-16(20)24/h3-4,10,12-13H,5-9H2,1-2H3,(H2,20,24)/t12-/m1/s1. The summed E-state index contributed by atoms with van der Waals surface area (Å²) in [6.07, 6.45) is 2.31. The maximum atomic E-state index is 13.7. The van der Waals surface area contributed by atoms with Gasteiger partial charge in [0.1, 0.15) is 5.82 Å². The lowest BCUT2D eigenvalue weighted by molar-refractivity contribution is -0.119. The smallest absolute Gasteiger partial charge is 0.244 e. The lowest BCUT2D eigenvalue weighted by atomic mass is 9.92. The number of primary amides is 1. The van der Waals surface area contributed by atoms with Crippen LogP contribution in [0, 0.1) is 18.7 Å². The van der Waals surface area contributed by atoms with Crippen molar-refractivity contribution in [2.75, 3.05) is 13.1 Å². The number of hydrogen-bond acceptors (Lipinski definition) is 5. The molecule has 0 spiro atoms. The zero-order chi connectivity index (χ0) is 18.0. The first-order valence-corrected chi connectivity index (χ1v) is 8.56. The predicted octanol–water partition coefficient (Wildman–Crippen LogP) is 2.83. The summed E-state index contributed by atoms with van der Waals surface area (Å²) >= 11 is 0. The molecule has 6 nitrogen and oxygen atoms in total. The summed E-state index contributed by atoms with van der Waals surface area (Å²) in [6, 6.07) is 4.89. The first-order chi connectivity index (χ1) is 11.9. The van der Waals surface area contributed by atoms with Gasteiger partial charge in [-0.05, 0) is 57.3 Å². The lowest BCUT2D eigenvalue weighted by Crippen LogP contribution is -2.36. The van der Waals surface area contributed by atoms with Crippen LogP contribution in [0.25, 0.3) is 11.4 Å². The number of aromatic nitrogens is 2. The molecule has 0 unspecified atom stereocenters. The van der Waals surface area contributed by atoms with Crippen LogP contribution < -0.4 is 5.73 Å². The van der Waals surface area contributed by atoms with Crippen molar-refractivity contribution in [3.8, 4) is 11.4 Å². The van der Waals surface area contributed by atoms with Crippen LogP contribution in [-0.4, -0.2) is 34.0 Å². The number of likely N-dealkylation sites (tertiary alicyclic amines) is 1. The summed E-state index contributed by atoms with van der Waals surface area (Å²) in [5, 5.41) is 3.99. The van der Waals surface area contributed by atoms with E-state index in [1.165, 1.54) is 6.07 Å². The third-order valence-electron chi connectivity index (χ3n) is 4.92. The van der Waals surface area contributed by atoms with Crippen molar-refractivity contribution in [2.45, 2.75) is 39.2 Å². The van der Waals surface area contributed by atoms with E-state index in [-0.39, 0.29) is 17.8 Å². The van der Waals surface area contributed by atoms with E-state index < -0.39 is 0 Å². The lowest BCUT2D eigenvalue weighted by Gasteiger charge is -2.34. The number of carbonyl (C=O) groups is 1. The highest BCUT2D eigenvalue weighted by molar-refractivity contribution is 5.74. The van der Waals surface area contributed by atoms with Gasteiger partial charge in [-0.2, -0.15) is 4.98 Å². The third-order valence-corrected chi connectivity index (χ3v) is 4.92. The monoisotopic (exact) mass is 346 g/mol. The second-order valence-electron chi connectivity index (χ2n) is 6.75. The molecule has 1 aromatic heterocycles. The highest BCUT2D eigenvalue weighted by Gasteiger charge is 2.27. The topological polar surface area (TPSA) is 85.3 Å². The average Bonchev–Trinajstić information content (AvgIpc) is 3.07. The molecule has 1 fully saturated rings. The number of aryl methyl sites for hydroxylation is 1. The Bertz CT molecular complexity index is 753. The molecule has 134 valence electrons. The number of amides is 1. The minimum atomic E-state index is -0.284. The van der Waals surface area contributed by atoms with Gasteiger partial charge in [0.2, 0.25) is 17.6 Å². The maximum absolute atomic E-state index is 13.7. The second kappa shape index (κ2) is 7.31. The van der Waals surface area contributed by atoms with Crippen LogP contribution in [0.15, 0.2) is 22.7 Å². The molecule has 2 N–H and O–H groups in total. The molecule has 0 radical (unpaired) electrons. The minimum Gasteiger partial charge on any atom is -0.370 e. The first kappa shape index (κ1) is 17.5. The Balaban J connectivity index is 1.66. The Morgan fingerprint density at radius 2 is 2.16 bits per heavy atom. The van der Waals surface area contributed by atoms with Crippen molar-refractivity contribution >= 4 is 5.91 Å². The van der Waals surface area contributed by atoms with Crippen molar-refractivity contribution in [3.63, 3.8) is 0 Å². The van der Waals surface area contributed by atoms with Gasteiger partial charge in [0.25, 0.3) is 0 Å². The third kappa shape index (κ3) is 4.04. The van der Waals surface area contributed by atoms with Gasteiger partial charge >= 0.3 is 0 Å². The largest absolute Gasteiger partial charge is 0.370 e. The van der Waals surface area contributed by atoms with E-state index in [1.807, 2.05) is 6.92 Å². The number of nitrogens with zero attached hydrogens (tertiary/aromatic N) is 3. The fourth-order valence-corrected chi connectivity index (χ4v) is 3.24. The molecule has 1 aromatic carbocycles. The molecule has 1 saturated heterocycles. The fraction of sp³-hybridized carbons (Fsp3) is 0.500. The molecule has 1 amide bonds. The number of nitrogens with two attached hydrogens (primary N) is 1. The van der Waals surface area contributed by atoms with E-state index >= 15 is 0 Å². The minimum absolute atomic E-state index is 0.0222. The Labute approximate surface area is 146 Å². The summed E-state index contributed by atoms with van der Waals surface area (Å²) in [7, 11) is 0. The Morgan fingerprint density at radius 3 is 2.80 bits per heavy atom. The predicted molar refractivity (Wildman–Crippen MR) is 91.0 cm³/mol. The van der Waals surface area contributed by atoms with E-state index in [9.17, 15) is 9.18 Å². The zero-order valence-corrected chi connectivity index (χ0v) is 14.5. The summed E-state index contributed by atoms with van der Waals surface area (Å²) in [4.78, 5) is 17.7. The van der Waals surface area contributed by atoms with Gasteiger partial charge in [-0.1, -0.05) is 17.3 Å². The van der Waals surface area contributed by atoms with Gasteiger partial charge in [0.15, 0.2) is 0 Å². The SMILES string of the molecule is Cc1ccc(-c2noc([C@@H](C)N3CCC(CC(N)=O)CC3)n2)cc1F. The molecule has 0 aliphatic carbocycles. The van der Waals surface area contributed by atoms with Crippen molar-refractivity contribution in [2.24, 2.45) is 11.7 Å². The van der Waals surface area contributed by atoms with E-state index in [4.69, 9.17) is 10.3 Å². The number of halogens is 1. The summed E-state index contributed by atoms with van der Waals surface area (Å²) in [5.41, 5.74) is 6.46. The molecule has 0 saturated carbocycles. The van der Waals surface area contributed by atoms with Crippen molar-refractivity contribution in [1.29, 1.82) is 0 Å². The van der Waals surface area contributed by atoms with Crippen LogP contribution in [0.3, 0.4) is 0 Å². The molecular weight excluding hydrogens is 323 g/mol. The number of piperidine rings is 1. The Kier molecular flexibility index (Phi) is 5.13. The van der Waals surface area contributed by atoms with Crippen LogP contribution in [0.1, 0.15) is 43.7 Å². The number of rotatable bonds is 5. The van der Waals surface area contributed by atoms with E-state index in [0.29, 0.717) is 35.2 Å². The quantitative estimate of drug-likeness (QED) is 0.900. The Morgan fingerprint density at radius 1 is 1.44 bits per heavy atom. The Hall–Kier alpha value is -2.28. The number of carbonyl (C=O) groups excluding carboxylic acids is 1. The number of hydrogen-bond donors (Lipinski definition) is 1. The number of benzene rings is 1. The van der Waals surface area contributed by atoms with Crippen LogP contribution in [0.5, 0.6) is 0 Å². The highest BCUT2D eigenvalue weighted by atomic mass is 19.1. The van der Waals surface area contributed by atoms with Gasteiger partial charge in [-0.25, -0.2) is 4.39 Å². The van der Waals surface area contributed by atoms with E-state index in [1.54, 1.807) is 19.1 Å². The van der Waals surface area contributed by atoms with E-state index in [0.717, 1.165) is 25.9 Å². The molecule has 25 heavy (non-hydrogen) atoms.